The highest BCUT2D eigenvalue weighted by molar-refractivity contribution is 7.26. The predicted molar refractivity (Wildman–Crippen MR) is 273 cm³/mol. The van der Waals surface area contributed by atoms with Crippen LogP contribution in [0.4, 0.5) is 0 Å². The van der Waals surface area contributed by atoms with E-state index in [9.17, 15) is 0 Å². The Morgan fingerprint density at radius 2 is 1.11 bits per heavy atom. The van der Waals surface area contributed by atoms with Gasteiger partial charge in [0.1, 0.15) is 22.8 Å². The molecule has 10 aromatic carbocycles. The molecule has 0 amide bonds. The van der Waals surface area contributed by atoms with Gasteiger partial charge in [-0.1, -0.05) is 140 Å². The summed E-state index contributed by atoms with van der Waals surface area (Å²) < 4.78 is 9.34. The Balaban J connectivity index is 1.000. The summed E-state index contributed by atoms with van der Waals surface area (Å²) >= 11 is 1.82. The molecule has 2 aromatic heterocycles. The lowest BCUT2D eigenvalue weighted by Gasteiger charge is -2.25. The number of hydrogen-bond donors (Lipinski definition) is 1. The van der Waals surface area contributed by atoms with Crippen molar-refractivity contribution in [2.45, 2.75) is 24.9 Å². The molecule has 0 fully saturated rings. The number of hydrogen-bond acceptors (Lipinski definition) is 5. The van der Waals surface area contributed by atoms with Gasteiger partial charge >= 0.3 is 0 Å². The molecule has 5 heteroatoms. The largest absolute Gasteiger partial charge is 0.456 e. The van der Waals surface area contributed by atoms with Gasteiger partial charge in [0, 0.05) is 48.0 Å². The topological polar surface area (TPSA) is 49.9 Å². The first-order chi connectivity index (χ1) is 32.2. The molecule has 2 atom stereocenters. The summed E-state index contributed by atoms with van der Waals surface area (Å²) in [6, 6.07) is 70.8. The van der Waals surface area contributed by atoms with Gasteiger partial charge in [0.05, 0.1) is 0 Å². The van der Waals surface area contributed by atoms with E-state index in [0.717, 1.165) is 63.1 Å². The third-order valence-corrected chi connectivity index (χ3v) is 15.1. The molecule has 65 heavy (non-hydrogen) atoms. The SMILES string of the molecule is c1ccc2cc(C3N=C(c4cccc5c4sc4ccccc45)NC(c4cc(C5CCc6cc7ccccc7cc6-c6cc7ccccc7cc65)cc5oc6ccccc6c45)=N3)ccc2c1. The molecule has 0 saturated carbocycles. The van der Waals surface area contributed by atoms with Crippen molar-refractivity contribution in [1.29, 1.82) is 0 Å². The molecule has 1 N–H and O–H groups in total. The van der Waals surface area contributed by atoms with Crippen LogP contribution in [0.2, 0.25) is 0 Å². The summed E-state index contributed by atoms with van der Waals surface area (Å²) in [6.07, 6.45) is 1.41. The van der Waals surface area contributed by atoms with E-state index in [1.54, 1.807) is 0 Å². The van der Waals surface area contributed by atoms with Crippen LogP contribution < -0.4 is 5.32 Å². The molecule has 3 heterocycles. The Kier molecular flexibility index (Phi) is 8.07. The second-order valence-corrected chi connectivity index (χ2v) is 18.7. The fourth-order valence-corrected chi connectivity index (χ4v) is 12.0. The summed E-state index contributed by atoms with van der Waals surface area (Å²) in [5, 5.41) is 15.9. The van der Waals surface area contributed by atoms with Crippen LogP contribution in [-0.2, 0) is 6.42 Å². The minimum absolute atomic E-state index is 0.0855. The predicted octanol–water partition coefficient (Wildman–Crippen LogP) is 15.7. The lowest BCUT2D eigenvalue weighted by Crippen LogP contribution is -2.36. The molecule has 0 radical (unpaired) electrons. The zero-order valence-electron chi connectivity index (χ0n) is 35.3. The highest BCUT2D eigenvalue weighted by Crippen LogP contribution is 2.46. The minimum atomic E-state index is -0.485. The molecule has 1 aliphatic carbocycles. The zero-order chi connectivity index (χ0) is 42.6. The van der Waals surface area contributed by atoms with Crippen LogP contribution in [0.5, 0.6) is 0 Å². The van der Waals surface area contributed by atoms with E-state index in [4.69, 9.17) is 14.4 Å². The summed E-state index contributed by atoms with van der Waals surface area (Å²) in [5.41, 5.74) is 11.4. The van der Waals surface area contributed by atoms with Crippen LogP contribution in [0, 0.1) is 0 Å². The van der Waals surface area contributed by atoms with Gasteiger partial charge in [0.15, 0.2) is 6.17 Å². The van der Waals surface area contributed by atoms with Crippen LogP contribution in [0.1, 0.15) is 51.9 Å². The first-order valence-electron chi connectivity index (χ1n) is 22.5. The lowest BCUT2D eigenvalue weighted by atomic mass is 9.83. The number of amidine groups is 2. The normalized spacial score (nSPS) is 16.2. The maximum Gasteiger partial charge on any atom is 0.169 e. The smallest absolute Gasteiger partial charge is 0.169 e. The summed E-state index contributed by atoms with van der Waals surface area (Å²) in [4.78, 5) is 11.1. The number of rotatable bonds is 4. The first kappa shape index (κ1) is 36.6. The number of nitrogens with one attached hydrogen (secondary N) is 1. The number of fused-ring (bicyclic) bond motifs is 12. The Hall–Kier alpha value is -7.86. The molecule has 4 nitrogen and oxygen atoms in total. The molecule has 0 spiro atoms. The monoisotopic (exact) mass is 849 g/mol. The summed E-state index contributed by atoms with van der Waals surface area (Å²) in [5.74, 6) is 1.68. The fourth-order valence-electron chi connectivity index (χ4n) is 10.8. The second kappa shape index (κ2) is 14.3. The molecule has 306 valence electrons. The molecule has 12 aromatic rings. The molecular weight excluding hydrogens is 811 g/mol. The van der Waals surface area contributed by atoms with E-state index < -0.39 is 6.17 Å². The van der Waals surface area contributed by atoms with Gasteiger partial charge in [-0.2, -0.15) is 0 Å². The average molecular weight is 850 g/mol. The van der Waals surface area contributed by atoms with Crippen molar-refractivity contribution in [3.8, 4) is 11.1 Å². The highest BCUT2D eigenvalue weighted by atomic mass is 32.1. The lowest BCUT2D eigenvalue weighted by molar-refractivity contribution is 0.665. The molecule has 14 rings (SSSR count). The van der Waals surface area contributed by atoms with E-state index in [-0.39, 0.29) is 5.92 Å². The number of para-hydroxylation sites is 1. The summed E-state index contributed by atoms with van der Waals surface area (Å²) in [6.45, 7) is 0. The molecule has 1 aliphatic heterocycles. The Bertz CT molecular complexity index is 4020. The van der Waals surface area contributed by atoms with Gasteiger partial charge in [0.2, 0.25) is 0 Å². The van der Waals surface area contributed by atoms with Gasteiger partial charge in [0.25, 0.3) is 0 Å². The third kappa shape index (κ3) is 5.89. The number of thiophene rings is 1. The quantitative estimate of drug-likeness (QED) is 0.192. The Morgan fingerprint density at radius 3 is 1.92 bits per heavy atom. The van der Waals surface area contributed by atoms with Crippen LogP contribution in [-0.4, -0.2) is 11.7 Å². The van der Waals surface area contributed by atoms with Gasteiger partial charge in [-0.25, -0.2) is 9.98 Å². The number of furan rings is 1. The standard InChI is InChI=1S/C60H39N3OS/c1-2-13-36-29-42(25-24-35(36)12-1)58-61-59(48-21-11-20-46-45-18-8-10-23-55(45)65-57(46)48)63-60(62-58)52-33-43(34-54-56(52)47-19-7-9-22-53(47)64-54)44-27-26-41-28-37-14-3-4-15-38(37)30-49(41)51-32-40-17-6-5-16-39(40)31-50(44)51/h1-25,28-34,44,58H,26-27H2,(H,61,62,63). The van der Waals surface area contributed by atoms with Gasteiger partial charge in [-0.15, -0.1) is 11.3 Å². The van der Waals surface area contributed by atoms with Gasteiger partial charge < -0.3 is 9.73 Å². The summed E-state index contributed by atoms with van der Waals surface area (Å²) in [7, 11) is 0. The fraction of sp³-hybridized carbons (Fsp3) is 0.0667. The molecule has 0 saturated heterocycles. The molecular formula is C60H39N3OS. The maximum atomic E-state index is 6.87. The number of aryl methyl sites for hydroxylation is 1. The van der Waals surface area contributed by atoms with Crippen molar-refractivity contribution >= 4 is 97.4 Å². The average Bonchev–Trinajstić information content (AvgIpc) is 3.89. The van der Waals surface area contributed by atoms with Crippen LogP contribution in [0.15, 0.2) is 209 Å². The van der Waals surface area contributed by atoms with Crippen LogP contribution >= 0.6 is 11.3 Å². The number of nitrogens with zero attached hydrogens (tertiary/aromatic N) is 2. The maximum absolute atomic E-state index is 6.87. The number of aliphatic imine (C=N–C) groups is 2. The molecule has 2 unspecified atom stereocenters. The first-order valence-corrected chi connectivity index (χ1v) is 23.3. The van der Waals surface area contributed by atoms with Crippen molar-refractivity contribution in [3.63, 3.8) is 0 Å². The molecule has 0 bridgehead atoms. The zero-order valence-corrected chi connectivity index (χ0v) is 36.1. The van der Waals surface area contributed by atoms with Crippen molar-refractivity contribution in [2.75, 3.05) is 0 Å². The van der Waals surface area contributed by atoms with Crippen LogP contribution in [0.3, 0.4) is 0 Å². The van der Waals surface area contributed by atoms with E-state index in [2.05, 4.69) is 199 Å². The highest BCUT2D eigenvalue weighted by Gasteiger charge is 2.30. The Labute approximate surface area is 378 Å². The van der Waals surface area contributed by atoms with Crippen molar-refractivity contribution in [1.82, 2.24) is 5.32 Å². The third-order valence-electron chi connectivity index (χ3n) is 13.9. The minimum Gasteiger partial charge on any atom is -0.456 e. The van der Waals surface area contributed by atoms with Crippen molar-refractivity contribution < 1.29 is 4.42 Å². The van der Waals surface area contributed by atoms with E-state index in [0.29, 0.717) is 0 Å². The van der Waals surface area contributed by atoms with Gasteiger partial charge in [-0.05, 0) is 133 Å². The van der Waals surface area contributed by atoms with Crippen molar-refractivity contribution in [3.05, 3.63) is 228 Å². The van der Waals surface area contributed by atoms with Crippen LogP contribution in [0.25, 0.3) is 85.6 Å². The molecule has 2 aliphatic rings. The van der Waals surface area contributed by atoms with Crippen molar-refractivity contribution in [2.24, 2.45) is 9.98 Å². The Morgan fingerprint density at radius 1 is 0.462 bits per heavy atom. The van der Waals surface area contributed by atoms with E-state index in [1.807, 2.05) is 11.3 Å². The van der Waals surface area contributed by atoms with Gasteiger partial charge in [-0.3, -0.25) is 0 Å². The van der Waals surface area contributed by atoms with E-state index >= 15 is 0 Å². The number of benzene rings is 10. The van der Waals surface area contributed by atoms with E-state index in [1.165, 1.54) is 80.3 Å². The second-order valence-electron chi connectivity index (χ2n) is 17.6.